The molecule has 3 N–H and O–H groups in total. The molecule has 194 valence electrons. The van der Waals surface area contributed by atoms with Crippen LogP contribution in [-0.4, -0.2) is 58.4 Å². The van der Waals surface area contributed by atoms with Crippen molar-refractivity contribution in [2.24, 2.45) is 11.1 Å². The maximum atomic E-state index is 14.0. The fourth-order valence-corrected chi connectivity index (χ4v) is 4.34. The van der Waals surface area contributed by atoms with Crippen LogP contribution < -0.4 is 5.73 Å². The van der Waals surface area contributed by atoms with Gasteiger partial charge in [0.1, 0.15) is 18.2 Å². The summed E-state index contributed by atoms with van der Waals surface area (Å²) in [7, 11) is 1.49. The van der Waals surface area contributed by atoms with Crippen molar-refractivity contribution in [2.45, 2.75) is 45.8 Å². The van der Waals surface area contributed by atoms with E-state index in [2.05, 4.69) is 20.8 Å². The largest absolute Gasteiger partial charge is 0.395 e. The number of imidazole rings is 1. The van der Waals surface area contributed by atoms with Crippen LogP contribution in [0.1, 0.15) is 44.6 Å². The summed E-state index contributed by atoms with van der Waals surface area (Å²) in [6.07, 6.45) is 2.34. The van der Waals surface area contributed by atoms with Crippen molar-refractivity contribution in [3.8, 4) is 11.3 Å². The van der Waals surface area contributed by atoms with Crippen molar-refractivity contribution in [2.75, 3.05) is 26.9 Å². The van der Waals surface area contributed by atoms with Crippen molar-refractivity contribution in [3.05, 3.63) is 78.0 Å². The van der Waals surface area contributed by atoms with E-state index in [1.54, 1.807) is 11.0 Å². The molecule has 2 atom stereocenters. The maximum absolute atomic E-state index is 14.0. The number of hydrogen-bond acceptors (Lipinski definition) is 5. The van der Waals surface area contributed by atoms with Crippen LogP contribution in [0.15, 0.2) is 60.8 Å². The first-order chi connectivity index (χ1) is 17.1. The Morgan fingerprint density at radius 2 is 1.92 bits per heavy atom. The van der Waals surface area contributed by atoms with Crippen LogP contribution in [-0.2, 0) is 16.1 Å². The first kappa shape index (κ1) is 27.5. The number of hydrogen-bond donors (Lipinski definition) is 2. The molecule has 0 fully saturated rings. The number of aliphatic hydroxyl groups excluding tert-OH is 1. The smallest absolute Gasteiger partial charge is 0.249 e. The van der Waals surface area contributed by atoms with E-state index in [1.807, 2.05) is 47.2 Å². The lowest BCUT2D eigenvalue weighted by molar-refractivity contribution is -0.140. The number of amides is 1. The summed E-state index contributed by atoms with van der Waals surface area (Å²) >= 11 is 0. The first-order valence-corrected chi connectivity index (χ1v) is 12.2. The van der Waals surface area contributed by atoms with Crippen LogP contribution in [0.2, 0.25) is 0 Å². The highest BCUT2D eigenvalue weighted by molar-refractivity contribution is 5.78. The third-order valence-electron chi connectivity index (χ3n) is 6.06. The lowest BCUT2D eigenvalue weighted by Gasteiger charge is -2.40. The summed E-state index contributed by atoms with van der Waals surface area (Å²) < 4.78 is 21.3. The Hall–Kier alpha value is -3.07. The minimum Gasteiger partial charge on any atom is -0.395 e. The van der Waals surface area contributed by atoms with Crippen LogP contribution in [0, 0.1) is 11.2 Å². The van der Waals surface area contributed by atoms with Crippen LogP contribution >= 0.6 is 0 Å². The monoisotopic (exact) mass is 496 g/mol. The highest BCUT2D eigenvalue weighted by Gasteiger charge is 2.38. The standard InChI is InChI=1S/C28H37FN4O3/c1-28(2,3)26(33(25(35)19-36-4)14-13-23(30)18-34)27-31-24(21-11-8-12-22(29)15-21)17-32(27)16-20-9-6-5-7-10-20/h5-12,15,17,23,26,34H,13-14,16,18-19,30H2,1-4H3. The number of carbonyl (C=O) groups excluding carboxylic acids is 1. The molecule has 8 heteroatoms. The zero-order valence-corrected chi connectivity index (χ0v) is 21.5. The third-order valence-corrected chi connectivity index (χ3v) is 6.06. The molecule has 0 saturated carbocycles. The number of methoxy groups -OCH3 is 1. The molecule has 36 heavy (non-hydrogen) atoms. The van der Waals surface area contributed by atoms with Crippen molar-refractivity contribution < 1.29 is 19.0 Å². The van der Waals surface area contributed by atoms with Gasteiger partial charge in [0, 0.05) is 38.0 Å². The van der Waals surface area contributed by atoms with Crippen LogP contribution in [0.3, 0.4) is 0 Å². The second kappa shape index (κ2) is 12.3. The Balaban J connectivity index is 2.15. The topological polar surface area (TPSA) is 93.6 Å². The van der Waals surface area contributed by atoms with Gasteiger partial charge in [0.05, 0.1) is 18.3 Å². The Labute approximate surface area is 212 Å². The maximum Gasteiger partial charge on any atom is 0.249 e. The quantitative estimate of drug-likeness (QED) is 0.418. The van der Waals surface area contributed by atoms with E-state index < -0.39 is 17.5 Å². The van der Waals surface area contributed by atoms with E-state index in [9.17, 15) is 14.3 Å². The van der Waals surface area contributed by atoms with Crippen molar-refractivity contribution in [1.82, 2.24) is 14.5 Å². The first-order valence-electron chi connectivity index (χ1n) is 12.2. The van der Waals surface area contributed by atoms with E-state index in [4.69, 9.17) is 15.5 Å². The number of ether oxygens (including phenoxy) is 1. The number of halogens is 1. The number of aliphatic hydroxyl groups is 1. The van der Waals surface area contributed by atoms with Gasteiger partial charge in [0.15, 0.2) is 0 Å². The van der Waals surface area contributed by atoms with Gasteiger partial charge in [-0.05, 0) is 29.5 Å². The Morgan fingerprint density at radius 1 is 1.19 bits per heavy atom. The number of benzene rings is 2. The predicted molar refractivity (Wildman–Crippen MR) is 139 cm³/mol. The SMILES string of the molecule is COCC(=O)N(CCC(N)CO)C(c1nc(-c2cccc(F)c2)cn1Cc1ccccc1)C(C)(C)C. The summed E-state index contributed by atoms with van der Waals surface area (Å²) in [5, 5.41) is 9.46. The number of aromatic nitrogens is 2. The predicted octanol–water partition coefficient (Wildman–Crippen LogP) is 4.01. The fourth-order valence-electron chi connectivity index (χ4n) is 4.34. The van der Waals surface area contributed by atoms with Crippen molar-refractivity contribution >= 4 is 5.91 Å². The molecule has 0 radical (unpaired) electrons. The molecule has 2 aromatic carbocycles. The van der Waals surface area contributed by atoms with Gasteiger partial charge in [-0.15, -0.1) is 0 Å². The number of nitrogens with zero attached hydrogens (tertiary/aromatic N) is 3. The average molecular weight is 497 g/mol. The molecule has 0 bridgehead atoms. The molecule has 0 aliphatic rings. The Morgan fingerprint density at radius 3 is 2.53 bits per heavy atom. The van der Waals surface area contributed by atoms with Gasteiger partial charge in [-0.2, -0.15) is 0 Å². The molecule has 1 heterocycles. The highest BCUT2D eigenvalue weighted by atomic mass is 19.1. The van der Waals surface area contributed by atoms with Gasteiger partial charge < -0.3 is 25.0 Å². The van der Waals surface area contributed by atoms with Crippen LogP contribution in [0.5, 0.6) is 0 Å². The third kappa shape index (κ3) is 7.00. The van der Waals surface area contributed by atoms with E-state index in [1.165, 1.54) is 19.2 Å². The minimum atomic E-state index is -0.449. The molecular weight excluding hydrogens is 459 g/mol. The van der Waals surface area contributed by atoms with Gasteiger partial charge in [-0.3, -0.25) is 4.79 Å². The van der Waals surface area contributed by atoms with Gasteiger partial charge >= 0.3 is 0 Å². The summed E-state index contributed by atoms with van der Waals surface area (Å²) in [4.78, 5) is 20.0. The van der Waals surface area contributed by atoms with Crippen molar-refractivity contribution in [3.63, 3.8) is 0 Å². The number of carbonyl (C=O) groups is 1. The molecule has 0 saturated heterocycles. The Kier molecular flexibility index (Phi) is 9.37. The Bertz CT molecular complexity index is 1130. The van der Waals surface area contributed by atoms with Gasteiger partial charge in [0.2, 0.25) is 5.91 Å². The van der Waals surface area contributed by atoms with Gasteiger partial charge in [-0.25, -0.2) is 9.37 Å². The molecular formula is C28H37FN4O3. The molecule has 1 amide bonds. The molecule has 7 nitrogen and oxygen atoms in total. The van der Waals surface area contributed by atoms with E-state index in [-0.39, 0.29) is 24.9 Å². The number of rotatable bonds is 11. The summed E-state index contributed by atoms with van der Waals surface area (Å²) in [6.45, 7) is 6.78. The van der Waals surface area contributed by atoms with E-state index in [0.717, 1.165) is 5.56 Å². The summed E-state index contributed by atoms with van der Waals surface area (Å²) in [5.41, 5.74) is 7.94. The molecule has 0 aliphatic carbocycles. The second-order valence-electron chi connectivity index (χ2n) is 10.1. The fraction of sp³-hybridized carbons (Fsp3) is 0.429. The minimum absolute atomic E-state index is 0.0862. The van der Waals surface area contributed by atoms with Crippen molar-refractivity contribution in [1.29, 1.82) is 0 Å². The van der Waals surface area contributed by atoms with Gasteiger partial charge in [-0.1, -0.05) is 63.2 Å². The normalized spacial score (nSPS) is 13.4. The van der Waals surface area contributed by atoms with Gasteiger partial charge in [0.25, 0.3) is 0 Å². The lowest BCUT2D eigenvalue weighted by Crippen LogP contribution is -2.46. The molecule has 1 aromatic heterocycles. The van der Waals surface area contributed by atoms with Crippen LogP contribution in [0.25, 0.3) is 11.3 Å². The molecule has 3 aromatic rings. The lowest BCUT2D eigenvalue weighted by atomic mass is 9.84. The summed E-state index contributed by atoms with van der Waals surface area (Å²) in [5.74, 6) is 0.158. The van der Waals surface area contributed by atoms with E-state index in [0.29, 0.717) is 36.6 Å². The zero-order valence-electron chi connectivity index (χ0n) is 21.5. The van der Waals surface area contributed by atoms with Crippen LogP contribution in [0.4, 0.5) is 4.39 Å². The zero-order chi connectivity index (χ0) is 26.3. The molecule has 0 aliphatic heterocycles. The second-order valence-corrected chi connectivity index (χ2v) is 10.1. The molecule has 3 rings (SSSR count). The summed E-state index contributed by atoms with van der Waals surface area (Å²) in [6, 6.07) is 15.4. The molecule has 0 spiro atoms. The average Bonchev–Trinajstić information content (AvgIpc) is 3.24. The number of nitrogens with two attached hydrogens (primary N) is 1. The molecule has 2 unspecified atom stereocenters. The van der Waals surface area contributed by atoms with E-state index >= 15 is 0 Å². The highest BCUT2D eigenvalue weighted by Crippen LogP contribution is 2.39.